The predicted octanol–water partition coefficient (Wildman–Crippen LogP) is 3.26. The lowest BCUT2D eigenvalue weighted by atomic mass is 10.0. The van der Waals surface area contributed by atoms with Crippen molar-refractivity contribution in [2.24, 2.45) is 0 Å². The zero-order valence-electron chi connectivity index (χ0n) is 20.1. The number of carbonyl (C=O) groups excluding carboxylic acids is 2. The highest BCUT2D eigenvalue weighted by molar-refractivity contribution is 6.07. The van der Waals surface area contributed by atoms with Crippen LogP contribution in [-0.2, 0) is 16.1 Å². The highest BCUT2D eigenvalue weighted by atomic mass is 16.5. The molecule has 1 atom stereocenters. The van der Waals surface area contributed by atoms with Crippen molar-refractivity contribution in [1.82, 2.24) is 9.80 Å². The molecule has 1 unspecified atom stereocenters. The van der Waals surface area contributed by atoms with Crippen LogP contribution in [0.25, 0.3) is 6.08 Å². The summed E-state index contributed by atoms with van der Waals surface area (Å²) in [5, 5.41) is 0. The average Bonchev–Trinajstić information content (AvgIpc) is 2.83. The molecule has 1 saturated heterocycles. The molecule has 0 N–H and O–H groups in total. The molecule has 2 aromatic carbocycles. The van der Waals surface area contributed by atoms with Gasteiger partial charge in [0.2, 0.25) is 5.91 Å². The smallest absolute Gasteiger partial charge is 0.271 e. The Morgan fingerprint density at radius 1 is 0.939 bits per heavy atom. The fourth-order valence-electron chi connectivity index (χ4n) is 3.91. The largest absolute Gasteiger partial charge is 0.497 e. The highest BCUT2D eigenvalue weighted by Crippen LogP contribution is 2.41. The van der Waals surface area contributed by atoms with Crippen LogP contribution in [0.2, 0.25) is 0 Å². The van der Waals surface area contributed by atoms with Crippen LogP contribution in [0, 0.1) is 6.92 Å². The van der Waals surface area contributed by atoms with Crippen LogP contribution >= 0.6 is 0 Å². The minimum Gasteiger partial charge on any atom is -0.497 e. The molecule has 8 nitrogen and oxygen atoms in total. The van der Waals surface area contributed by atoms with Gasteiger partial charge < -0.3 is 28.7 Å². The van der Waals surface area contributed by atoms with Crippen LogP contribution in [-0.4, -0.2) is 63.1 Å². The van der Waals surface area contributed by atoms with Crippen LogP contribution in [0.3, 0.4) is 0 Å². The van der Waals surface area contributed by atoms with Crippen molar-refractivity contribution >= 4 is 17.9 Å². The van der Waals surface area contributed by atoms with Crippen molar-refractivity contribution in [2.75, 3.05) is 35.5 Å². The van der Waals surface area contributed by atoms with Gasteiger partial charge in [0.25, 0.3) is 5.91 Å². The lowest BCUT2D eigenvalue weighted by Gasteiger charge is -2.38. The fourth-order valence-corrected chi connectivity index (χ4v) is 3.91. The minimum atomic E-state index is -0.582. The van der Waals surface area contributed by atoms with Crippen molar-refractivity contribution in [2.45, 2.75) is 26.4 Å². The molecule has 0 spiro atoms. The van der Waals surface area contributed by atoms with Gasteiger partial charge in [-0.2, -0.15) is 0 Å². The molecule has 1 fully saturated rings. The topological polar surface area (TPSA) is 77.5 Å². The SMILES string of the molecule is COc1ccc(CN2C(=O)C(C)N(C)C(=O)/C2=C/c2cc(OC)c(OC)c(C)c2OC)cc1. The van der Waals surface area contributed by atoms with E-state index in [4.69, 9.17) is 18.9 Å². The fraction of sp³-hybridized carbons (Fsp3) is 0.360. The molecule has 2 amide bonds. The first-order valence-corrected chi connectivity index (χ1v) is 10.5. The lowest BCUT2D eigenvalue weighted by Crippen LogP contribution is -2.55. The number of nitrogens with zero attached hydrogens (tertiary/aromatic N) is 2. The van der Waals surface area contributed by atoms with Crippen LogP contribution in [0.1, 0.15) is 23.6 Å². The molecule has 8 heteroatoms. The van der Waals surface area contributed by atoms with Crippen LogP contribution in [0.15, 0.2) is 36.0 Å². The monoisotopic (exact) mass is 454 g/mol. The molecule has 0 radical (unpaired) electrons. The van der Waals surface area contributed by atoms with E-state index in [0.29, 0.717) is 28.6 Å². The summed E-state index contributed by atoms with van der Waals surface area (Å²) in [7, 11) is 7.87. The van der Waals surface area contributed by atoms with Gasteiger partial charge >= 0.3 is 0 Å². The van der Waals surface area contributed by atoms with Crippen molar-refractivity contribution in [3.05, 3.63) is 52.7 Å². The van der Waals surface area contributed by atoms with E-state index in [1.54, 1.807) is 54.6 Å². The van der Waals surface area contributed by atoms with Gasteiger partial charge in [-0.05, 0) is 43.7 Å². The molecule has 0 aliphatic carbocycles. The molecule has 1 aliphatic rings. The number of hydrogen-bond donors (Lipinski definition) is 0. The molecular weight excluding hydrogens is 424 g/mol. The quantitative estimate of drug-likeness (QED) is 0.598. The Balaban J connectivity index is 2.14. The molecule has 0 saturated carbocycles. The third kappa shape index (κ3) is 4.46. The van der Waals surface area contributed by atoms with Crippen LogP contribution in [0.4, 0.5) is 0 Å². The third-order valence-corrected chi connectivity index (χ3v) is 5.91. The van der Waals surface area contributed by atoms with Crippen molar-refractivity contribution in [3.8, 4) is 23.0 Å². The molecule has 176 valence electrons. The molecule has 0 bridgehead atoms. The summed E-state index contributed by atoms with van der Waals surface area (Å²) in [6.07, 6.45) is 1.67. The third-order valence-electron chi connectivity index (χ3n) is 5.91. The van der Waals surface area contributed by atoms with Crippen molar-refractivity contribution in [1.29, 1.82) is 0 Å². The molecule has 33 heavy (non-hydrogen) atoms. The zero-order valence-corrected chi connectivity index (χ0v) is 20.1. The van der Waals surface area contributed by atoms with E-state index in [9.17, 15) is 9.59 Å². The first-order valence-electron chi connectivity index (χ1n) is 10.5. The van der Waals surface area contributed by atoms with Gasteiger partial charge in [0.1, 0.15) is 23.2 Å². The summed E-state index contributed by atoms with van der Waals surface area (Å²) in [5.74, 6) is 1.87. The van der Waals surface area contributed by atoms with Crippen LogP contribution < -0.4 is 18.9 Å². The zero-order chi connectivity index (χ0) is 24.3. The minimum absolute atomic E-state index is 0.171. The first kappa shape index (κ1) is 24.0. The normalized spacial score (nSPS) is 17.4. The Labute approximate surface area is 194 Å². The Morgan fingerprint density at radius 3 is 2.12 bits per heavy atom. The number of ether oxygens (including phenoxy) is 4. The Hall–Kier alpha value is -3.68. The van der Waals surface area contributed by atoms with Crippen molar-refractivity contribution in [3.63, 3.8) is 0 Å². The molecule has 0 aromatic heterocycles. The second-order valence-corrected chi connectivity index (χ2v) is 7.75. The summed E-state index contributed by atoms with van der Waals surface area (Å²) in [4.78, 5) is 29.5. The number of carbonyl (C=O) groups is 2. The van der Waals surface area contributed by atoms with E-state index in [0.717, 1.165) is 11.1 Å². The van der Waals surface area contributed by atoms with Gasteiger partial charge in [-0.25, -0.2) is 0 Å². The summed E-state index contributed by atoms with van der Waals surface area (Å²) >= 11 is 0. The average molecular weight is 455 g/mol. The number of benzene rings is 2. The summed E-state index contributed by atoms with van der Waals surface area (Å²) in [5.41, 5.74) is 2.45. The van der Waals surface area contributed by atoms with Crippen LogP contribution in [0.5, 0.6) is 23.0 Å². The van der Waals surface area contributed by atoms with Gasteiger partial charge in [-0.3, -0.25) is 9.59 Å². The molecular formula is C25H30N2O6. The Bertz CT molecular complexity index is 1080. The van der Waals surface area contributed by atoms with Gasteiger partial charge in [0.15, 0.2) is 11.5 Å². The van der Waals surface area contributed by atoms with Gasteiger partial charge in [0.05, 0.1) is 35.0 Å². The Kier molecular flexibility index (Phi) is 7.16. The maximum atomic E-state index is 13.3. The first-order chi connectivity index (χ1) is 15.8. The number of amides is 2. The number of likely N-dealkylation sites (N-methyl/N-ethyl adjacent to an activating group) is 1. The van der Waals surface area contributed by atoms with E-state index >= 15 is 0 Å². The highest BCUT2D eigenvalue weighted by Gasteiger charge is 2.38. The van der Waals surface area contributed by atoms with Crippen molar-refractivity contribution < 1.29 is 28.5 Å². The van der Waals surface area contributed by atoms with E-state index in [1.165, 1.54) is 9.80 Å². The predicted molar refractivity (Wildman–Crippen MR) is 125 cm³/mol. The van der Waals surface area contributed by atoms with Gasteiger partial charge in [0, 0.05) is 18.2 Å². The van der Waals surface area contributed by atoms with Gasteiger partial charge in [-0.15, -0.1) is 0 Å². The Morgan fingerprint density at radius 2 is 1.58 bits per heavy atom. The molecule has 1 heterocycles. The van der Waals surface area contributed by atoms with E-state index in [2.05, 4.69) is 0 Å². The second kappa shape index (κ2) is 9.85. The maximum Gasteiger partial charge on any atom is 0.271 e. The molecule has 1 aliphatic heterocycles. The van der Waals surface area contributed by atoms with E-state index in [-0.39, 0.29) is 24.1 Å². The summed E-state index contributed by atoms with van der Waals surface area (Å²) < 4.78 is 21.8. The van der Waals surface area contributed by atoms with E-state index in [1.807, 2.05) is 31.2 Å². The van der Waals surface area contributed by atoms with E-state index < -0.39 is 6.04 Å². The summed E-state index contributed by atoms with van der Waals surface area (Å²) in [6, 6.07) is 8.55. The number of methoxy groups -OCH3 is 4. The molecule has 3 rings (SSSR count). The standard InChI is InChI=1S/C25H30N2O6/c1-15-22(32-6)18(13-21(31-5)23(15)33-7)12-20-25(29)26(3)16(2)24(28)27(20)14-17-8-10-19(30-4)11-9-17/h8-13,16H,14H2,1-7H3/b20-12-. The van der Waals surface area contributed by atoms with Gasteiger partial charge in [-0.1, -0.05) is 12.1 Å². The second-order valence-electron chi connectivity index (χ2n) is 7.75. The number of rotatable bonds is 7. The lowest BCUT2D eigenvalue weighted by molar-refractivity contribution is -0.149. The summed E-state index contributed by atoms with van der Waals surface area (Å²) in [6.45, 7) is 3.81. The molecule has 2 aromatic rings. The number of piperazine rings is 1. The number of hydrogen-bond acceptors (Lipinski definition) is 6. The maximum absolute atomic E-state index is 13.3.